The summed E-state index contributed by atoms with van der Waals surface area (Å²) in [6.07, 6.45) is 2.24. The van der Waals surface area contributed by atoms with Gasteiger partial charge >= 0.3 is 0 Å². The lowest BCUT2D eigenvalue weighted by Crippen LogP contribution is -2.58. The van der Waals surface area contributed by atoms with Crippen molar-refractivity contribution in [2.24, 2.45) is 0 Å². The summed E-state index contributed by atoms with van der Waals surface area (Å²) < 4.78 is 13.0. The third-order valence-electron chi connectivity index (χ3n) is 3.81. The van der Waals surface area contributed by atoms with Gasteiger partial charge < -0.3 is 20.5 Å². The smallest absolute Gasteiger partial charge is 0.274 e. The molecule has 1 fully saturated rings. The molecule has 3 rings (SSSR count). The lowest BCUT2D eigenvalue weighted by molar-refractivity contribution is -0.121. The Labute approximate surface area is 142 Å². The summed E-state index contributed by atoms with van der Waals surface area (Å²) in [7, 11) is 0. The number of carbonyl (C=O) groups is 2. The first kappa shape index (κ1) is 16.8. The third kappa shape index (κ3) is 3.89. The molecule has 0 unspecified atom stereocenters. The molecule has 130 valence electrons. The van der Waals surface area contributed by atoms with Gasteiger partial charge in [-0.1, -0.05) is 0 Å². The number of piperazine rings is 1. The summed E-state index contributed by atoms with van der Waals surface area (Å²) in [6, 6.07) is 4.61. The molecule has 2 aromatic rings. The molecule has 9 heteroatoms. The molecule has 0 spiro atoms. The van der Waals surface area contributed by atoms with Crippen LogP contribution < -0.4 is 16.2 Å². The molecule has 3 N–H and O–H groups in total. The zero-order valence-electron chi connectivity index (χ0n) is 13.2. The van der Waals surface area contributed by atoms with E-state index >= 15 is 0 Å². The van der Waals surface area contributed by atoms with Gasteiger partial charge in [0.05, 0.1) is 6.20 Å². The molecule has 0 bridgehead atoms. The zero-order chi connectivity index (χ0) is 17.8. The van der Waals surface area contributed by atoms with Gasteiger partial charge in [-0.25, -0.2) is 9.37 Å². The minimum Gasteiger partial charge on any atom is -0.325 e. The second-order valence-corrected chi connectivity index (χ2v) is 5.51. The molecule has 8 nitrogen and oxygen atoms in total. The van der Waals surface area contributed by atoms with Gasteiger partial charge in [-0.3, -0.25) is 14.4 Å². The van der Waals surface area contributed by atoms with Crippen molar-refractivity contribution in [3.05, 3.63) is 58.5 Å². The van der Waals surface area contributed by atoms with Crippen molar-refractivity contribution in [2.75, 3.05) is 25.0 Å². The van der Waals surface area contributed by atoms with Gasteiger partial charge in [0, 0.05) is 31.5 Å². The SMILES string of the molecule is O=C(Nc1ccc(F)cc1)[C@H]1CNCCN1C(=O)c1c[nH]c(=O)cn1. The molecule has 2 heterocycles. The van der Waals surface area contributed by atoms with E-state index in [4.69, 9.17) is 0 Å². The first-order chi connectivity index (χ1) is 12.0. The number of benzene rings is 1. The van der Waals surface area contributed by atoms with Crippen LogP contribution >= 0.6 is 0 Å². The molecule has 0 saturated carbocycles. The summed E-state index contributed by atoms with van der Waals surface area (Å²) in [5.41, 5.74) is 0.0788. The summed E-state index contributed by atoms with van der Waals surface area (Å²) in [4.78, 5) is 43.8. The second-order valence-electron chi connectivity index (χ2n) is 5.51. The van der Waals surface area contributed by atoms with Crippen LogP contribution in [0.5, 0.6) is 0 Å². The number of aromatic nitrogens is 2. The first-order valence-corrected chi connectivity index (χ1v) is 7.67. The molecule has 0 radical (unpaired) electrons. The predicted octanol–water partition coefficient (Wildman–Crippen LogP) is -0.0383. The highest BCUT2D eigenvalue weighted by atomic mass is 19.1. The van der Waals surface area contributed by atoms with Gasteiger partial charge in [0.2, 0.25) is 5.91 Å². The molecular formula is C16H16FN5O3. The lowest BCUT2D eigenvalue weighted by Gasteiger charge is -2.34. The number of amides is 2. The van der Waals surface area contributed by atoms with E-state index in [9.17, 15) is 18.8 Å². The fourth-order valence-electron chi connectivity index (χ4n) is 2.55. The molecule has 25 heavy (non-hydrogen) atoms. The minimum absolute atomic E-state index is 0.0566. The Morgan fingerprint density at radius 3 is 2.72 bits per heavy atom. The van der Waals surface area contributed by atoms with Crippen LogP contribution in [0.15, 0.2) is 41.5 Å². The predicted molar refractivity (Wildman–Crippen MR) is 87.6 cm³/mol. The Bertz CT molecular complexity index is 816. The molecule has 1 aromatic heterocycles. The van der Waals surface area contributed by atoms with Crippen molar-refractivity contribution >= 4 is 17.5 Å². The van der Waals surface area contributed by atoms with Crippen LogP contribution in [0.25, 0.3) is 0 Å². The Hall–Kier alpha value is -3.07. The van der Waals surface area contributed by atoms with Crippen molar-refractivity contribution in [3.63, 3.8) is 0 Å². The van der Waals surface area contributed by atoms with Crippen molar-refractivity contribution in [2.45, 2.75) is 6.04 Å². The van der Waals surface area contributed by atoms with Crippen molar-refractivity contribution in [1.82, 2.24) is 20.2 Å². The number of H-pyrrole nitrogens is 1. The number of anilines is 1. The van der Waals surface area contributed by atoms with Gasteiger partial charge in [0.25, 0.3) is 11.5 Å². The number of aromatic amines is 1. The normalized spacial score (nSPS) is 17.2. The number of halogens is 1. The van der Waals surface area contributed by atoms with Crippen molar-refractivity contribution in [3.8, 4) is 0 Å². The van der Waals surface area contributed by atoms with Gasteiger partial charge in [-0.05, 0) is 24.3 Å². The van der Waals surface area contributed by atoms with Crippen molar-refractivity contribution < 1.29 is 14.0 Å². The minimum atomic E-state index is -0.750. The van der Waals surface area contributed by atoms with Crippen LogP contribution in [0.4, 0.5) is 10.1 Å². The molecule has 1 aliphatic heterocycles. The topological polar surface area (TPSA) is 107 Å². The maximum Gasteiger partial charge on any atom is 0.274 e. The molecule has 1 atom stereocenters. The number of carbonyl (C=O) groups excluding carboxylic acids is 2. The summed E-state index contributed by atoms with van der Waals surface area (Å²) in [6.45, 7) is 1.14. The van der Waals surface area contributed by atoms with Gasteiger partial charge in [0.1, 0.15) is 17.6 Å². The number of hydrogen-bond donors (Lipinski definition) is 3. The van der Waals surface area contributed by atoms with Crippen LogP contribution in [-0.2, 0) is 4.79 Å². The zero-order valence-corrected chi connectivity index (χ0v) is 13.2. The monoisotopic (exact) mass is 345 g/mol. The molecule has 1 aliphatic rings. The fourth-order valence-corrected chi connectivity index (χ4v) is 2.55. The van der Waals surface area contributed by atoms with Gasteiger partial charge in [0.15, 0.2) is 0 Å². The number of rotatable bonds is 3. The Morgan fingerprint density at radius 2 is 2.04 bits per heavy atom. The number of nitrogens with zero attached hydrogens (tertiary/aromatic N) is 2. The quantitative estimate of drug-likeness (QED) is 0.724. The molecule has 1 saturated heterocycles. The summed E-state index contributed by atoms with van der Waals surface area (Å²) in [5, 5.41) is 5.73. The average molecular weight is 345 g/mol. The maximum absolute atomic E-state index is 13.0. The fraction of sp³-hybridized carbons (Fsp3) is 0.250. The van der Waals surface area contributed by atoms with Crippen LogP contribution in [0, 0.1) is 5.82 Å². The Balaban J connectivity index is 1.76. The standard InChI is InChI=1S/C16H16FN5O3/c17-10-1-3-11(4-2-10)21-15(24)13-8-18-5-6-22(13)16(25)12-7-20-14(23)9-19-12/h1-4,7,9,13,18H,5-6,8H2,(H,20,23)(H,21,24)/t13-/m1/s1. The molecule has 2 amide bonds. The first-order valence-electron chi connectivity index (χ1n) is 7.67. The highest BCUT2D eigenvalue weighted by Crippen LogP contribution is 2.13. The summed E-state index contributed by atoms with van der Waals surface area (Å²) >= 11 is 0. The highest BCUT2D eigenvalue weighted by molar-refractivity contribution is 6.00. The van der Waals surface area contributed by atoms with E-state index in [0.717, 1.165) is 6.20 Å². The summed E-state index contributed by atoms with van der Waals surface area (Å²) in [5.74, 6) is -1.24. The van der Waals surface area contributed by atoms with Crippen LogP contribution in [0.3, 0.4) is 0 Å². The van der Waals surface area contributed by atoms with Crippen LogP contribution in [0.1, 0.15) is 10.5 Å². The van der Waals surface area contributed by atoms with E-state index in [-0.39, 0.29) is 12.2 Å². The van der Waals surface area contributed by atoms with E-state index in [1.807, 2.05) is 0 Å². The highest BCUT2D eigenvalue weighted by Gasteiger charge is 2.33. The Kier molecular flexibility index (Phi) is 4.85. The average Bonchev–Trinajstić information content (AvgIpc) is 2.63. The lowest BCUT2D eigenvalue weighted by atomic mass is 10.1. The van der Waals surface area contributed by atoms with E-state index in [0.29, 0.717) is 18.8 Å². The maximum atomic E-state index is 13.0. The molecular weight excluding hydrogens is 329 g/mol. The van der Waals surface area contributed by atoms with E-state index in [1.54, 1.807) is 0 Å². The van der Waals surface area contributed by atoms with Crippen LogP contribution in [0.2, 0.25) is 0 Å². The van der Waals surface area contributed by atoms with E-state index < -0.39 is 29.2 Å². The van der Waals surface area contributed by atoms with Crippen LogP contribution in [-0.4, -0.2) is 52.4 Å². The van der Waals surface area contributed by atoms with Gasteiger partial charge in [-0.15, -0.1) is 0 Å². The van der Waals surface area contributed by atoms with Gasteiger partial charge in [-0.2, -0.15) is 0 Å². The van der Waals surface area contributed by atoms with E-state index in [1.165, 1.54) is 35.4 Å². The third-order valence-corrected chi connectivity index (χ3v) is 3.81. The number of nitrogens with one attached hydrogen (secondary N) is 3. The second kappa shape index (κ2) is 7.22. The molecule has 0 aliphatic carbocycles. The number of hydrogen-bond acceptors (Lipinski definition) is 5. The van der Waals surface area contributed by atoms with Crippen molar-refractivity contribution in [1.29, 1.82) is 0 Å². The Morgan fingerprint density at radius 1 is 1.28 bits per heavy atom. The molecule has 1 aromatic carbocycles. The van der Waals surface area contributed by atoms with E-state index in [2.05, 4.69) is 20.6 Å². The largest absolute Gasteiger partial charge is 0.325 e.